The topological polar surface area (TPSA) is 76.7 Å². The van der Waals surface area contributed by atoms with Gasteiger partial charge >= 0.3 is 5.97 Å². The maximum Gasteiger partial charge on any atom is 0.337 e. The number of carbonyl (C=O) groups is 2. The van der Waals surface area contributed by atoms with E-state index in [0.29, 0.717) is 29.5 Å². The van der Waals surface area contributed by atoms with Crippen LogP contribution in [0.4, 0.5) is 11.4 Å². The first kappa shape index (κ1) is 19.3. The molecule has 2 N–H and O–H groups in total. The highest BCUT2D eigenvalue weighted by atomic mass is 16.5. The summed E-state index contributed by atoms with van der Waals surface area (Å²) < 4.78 is 10.4. The molecule has 26 heavy (non-hydrogen) atoms. The second kappa shape index (κ2) is 9.46. The molecule has 2 aromatic rings. The third kappa shape index (κ3) is 5.81. The summed E-state index contributed by atoms with van der Waals surface area (Å²) >= 11 is 0. The Kier molecular flexibility index (Phi) is 7.02. The van der Waals surface area contributed by atoms with Crippen LogP contribution >= 0.6 is 0 Å². The van der Waals surface area contributed by atoms with E-state index in [1.165, 1.54) is 7.11 Å². The Morgan fingerprint density at radius 3 is 2.38 bits per heavy atom. The van der Waals surface area contributed by atoms with Crippen molar-refractivity contribution in [3.05, 3.63) is 54.1 Å². The van der Waals surface area contributed by atoms with Crippen molar-refractivity contribution in [3.63, 3.8) is 0 Å². The Labute approximate surface area is 153 Å². The first-order valence-corrected chi connectivity index (χ1v) is 8.43. The smallest absolute Gasteiger partial charge is 0.337 e. The van der Waals surface area contributed by atoms with Gasteiger partial charge < -0.3 is 20.1 Å². The lowest BCUT2D eigenvalue weighted by molar-refractivity contribution is -0.114. The molecule has 6 heteroatoms. The zero-order valence-electron chi connectivity index (χ0n) is 15.2. The maximum absolute atomic E-state index is 12.2. The molecule has 0 aliphatic carbocycles. The number of amides is 1. The summed E-state index contributed by atoms with van der Waals surface area (Å²) in [5, 5.41) is 5.86. The number of rotatable bonds is 8. The molecule has 0 aromatic heterocycles. The van der Waals surface area contributed by atoms with Crippen molar-refractivity contribution in [2.75, 3.05) is 30.9 Å². The monoisotopic (exact) mass is 356 g/mol. The molecule has 138 valence electrons. The third-order valence-electron chi connectivity index (χ3n) is 3.49. The first-order chi connectivity index (χ1) is 12.5. The molecular weight excluding hydrogens is 332 g/mol. The molecule has 0 fully saturated rings. The second-order valence-electron chi connectivity index (χ2n) is 6.17. The van der Waals surface area contributed by atoms with Gasteiger partial charge in [0.05, 0.1) is 31.5 Å². The number of esters is 1. The summed E-state index contributed by atoms with van der Waals surface area (Å²) in [7, 11) is 1.33. The first-order valence-electron chi connectivity index (χ1n) is 8.43. The minimum Gasteiger partial charge on any atom is -0.491 e. The average molecular weight is 356 g/mol. The molecule has 2 rings (SSSR count). The van der Waals surface area contributed by atoms with Crippen molar-refractivity contribution >= 4 is 23.3 Å². The number of hydrogen-bond donors (Lipinski definition) is 2. The largest absolute Gasteiger partial charge is 0.491 e. The van der Waals surface area contributed by atoms with E-state index < -0.39 is 5.97 Å². The van der Waals surface area contributed by atoms with Crippen LogP contribution in [0.25, 0.3) is 0 Å². The van der Waals surface area contributed by atoms with Crippen LogP contribution in [0.15, 0.2) is 48.5 Å². The number of hydrogen-bond acceptors (Lipinski definition) is 5. The lowest BCUT2D eigenvalue weighted by atomic mass is 10.2. The minimum atomic E-state index is -0.396. The lowest BCUT2D eigenvalue weighted by Gasteiger charge is -2.14. The van der Waals surface area contributed by atoms with Crippen LogP contribution in [0.2, 0.25) is 0 Å². The molecule has 0 aliphatic heterocycles. The van der Waals surface area contributed by atoms with Gasteiger partial charge in [0, 0.05) is 5.69 Å². The Hall–Kier alpha value is -3.02. The molecule has 0 aliphatic rings. The molecule has 1 amide bonds. The molecular formula is C20H24N2O4. The zero-order valence-corrected chi connectivity index (χ0v) is 15.2. The van der Waals surface area contributed by atoms with Crippen LogP contribution in [0.3, 0.4) is 0 Å². The second-order valence-corrected chi connectivity index (χ2v) is 6.17. The van der Waals surface area contributed by atoms with Crippen molar-refractivity contribution < 1.29 is 19.1 Å². The number of para-hydroxylation sites is 2. The van der Waals surface area contributed by atoms with Crippen LogP contribution < -0.4 is 15.4 Å². The van der Waals surface area contributed by atoms with E-state index in [1.54, 1.807) is 30.3 Å². The number of anilines is 2. The van der Waals surface area contributed by atoms with Crippen molar-refractivity contribution in [1.82, 2.24) is 0 Å². The highest BCUT2D eigenvalue weighted by Crippen LogP contribution is 2.24. The van der Waals surface area contributed by atoms with Gasteiger partial charge in [-0.2, -0.15) is 0 Å². The molecule has 0 atom stereocenters. The van der Waals surface area contributed by atoms with Gasteiger partial charge in [0.2, 0.25) is 5.91 Å². The summed E-state index contributed by atoms with van der Waals surface area (Å²) in [6.07, 6.45) is 0. The predicted octanol–water partition coefficient (Wildman–Crippen LogP) is 3.56. The van der Waals surface area contributed by atoms with Crippen molar-refractivity contribution in [2.24, 2.45) is 5.92 Å². The summed E-state index contributed by atoms with van der Waals surface area (Å²) in [4.78, 5) is 23.6. The van der Waals surface area contributed by atoms with Gasteiger partial charge in [-0.1, -0.05) is 26.0 Å². The van der Waals surface area contributed by atoms with E-state index in [1.807, 2.05) is 18.2 Å². The number of nitrogens with one attached hydrogen (secondary N) is 2. The molecule has 2 aromatic carbocycles. The van der Waals surface area contributed by atoms with Crippen molar-refractivity contribution in [1.29, 1.82) is 0 Å². The van der Waals surface area contributed by atoms with Gasteiger partial charge in [-0.05, 0) is 42.3 Å². The van der Waals surface area contributed by atoms with Gasteiger partial charge in [-0.15, -0.1) is 0 Å². The Morgan fingerprint density at radius 2 is 1.73 bits per heavy atom. The molecule has 6 nitrogen and oxygen atoms in total. The molecule has 0 bridgehead atoms. The number of carbonyl (C=O) groups excluding carboxylic acids is 2. The van der Waals surface area contributed by atoms with Gasteiger partial charge in [0.15, 0.2) is 0 Å². The molecule has 0 unspecified atom stereocenters. The van der Waals surface area contributed by atoms with Crippen LogP contribution in [-0.2, 0) is 9.53 Å². The van der Waals surface area contributed by atoms with Crippen LogP contribution in [0, 0.1) is 5.92 Å². The quantitative estimate of drug-likeness (QED) is 0.707. The van der Waals surface area contributed by atoms with E-state index in [2.05, 4.69) is 29.2 Å². The van der Waals surface area contributed by atoms with Crippen LogP contribution in [0.5, 0.6) is 5.75 Å². The van der Waals surface area contributed by atoms with Gasteiger partial charge in [0.1, 0.15) is 5.75 Å². The van der Waals surface area contributed by atoms with E-state index in [-0.39, 0.29) is 12.5 Å². The van der Waals surface area contributed by atoms with Crippen LogP contribution in [-0.4, -0.2) is 32.1 Å². The van der Waals surface area contributed by atoms with E-state index in [0.717, 1.165) is 5.69 Å². The fourth-order valence-corrected chi connectivity index (χ4v) is 2.17. The molecule has 0 radical (unpaired) electrons. The van der Waals surface area contributed by atoms with E-state index in [9.17, 15) is 9.59 Å². The van der Waals surface area contributed by atoms with Crippen molar-refractivity contribution in [3.8, 4) is 5.75 Å². The van der Waals surface area contributed by atoms with Crippen molar-refractivity contribution in [2.45, 2.75) is 13.8 Å². The fourth-order valence-electron chi connectivity index (χ4n) is 2.17. The summed E-state index contributed by atoms with van der Waals surface area (Å²) in [5.74, 6) is 0.459. The molecule has 0 heterocycles. The summed E-state index contributed by atoms with van der Waals surface area (Å²) in [6.45, 7) is 4.81. The van der Waals surface area contributed by atoms with E-state index in [4.69, 9.17) is 4.74 Å². The molecule has 0 saturated heterocycles. The number of methoxy groups -OCH3 is 1. The lowest BCUT2D eigenvalue weighted by Crippen LogP contribution is -2.22. The van der Waals surface area contributed by atoms with Gasteiger partial charge in [0.25, 0.3) is 0 Å². The Morgan fingerprint density at radius 1 is 1.04 bits per heavy atom. The van der Waals surface area contributed by atoms with Gasteiger partial charge in [-0.3, -0.25) is 4.79 Å². The molecule has 0 spiro atoms. The zero-order chi connectivity index (χ0) is 18.9. The third-order valence-corrected chi connectivity index (χ3v) is 3.49. The standard InChI is InChI=1S/C20H24N2O4/c1-14(2)13-26-18-7-5-4-6-17(18)22-19(23)12-21-16-10-8-15(9-11-16)20(24)25-3/h4-11,14,21H,12-13H2,1-3H3,(H,22,23). The fraction of sp³-hybridized carbons (Fsp3) is 0.300. The van der Waals surface area contributed by atoms with Gasteiger partial charge in [-0.25, -0.2) is 4.79 Å². The van der Waals surface area contributed by atoms with Crippen LogP contribution in [0.1, 0.15) is 24.2 Å². The Bertz CT molecular complexity index is 742. The normalized spacial score (nSPS) is 10.3. The molecule has 0 saturated carbocycles. The average Bonchev–Trinajstić information content (AvgIpc) is 2.65. The number of benzene rings is 2. The summed E-state index contributed by atoms with van der Waals surface area (Å²) in [5.41, 5.74) is 1.83. The van der Waals surface area contributed by atoms with E-state index >= 15 is 0 Å². The highest BCUT2D eigenvalue weighted by molar-refractivity contribution is 5.95. The Balaban J connectivity index is 1.90. The highest BCUT2D eigenvalue weighted by Gasteiger charge is 2.09. The number of ether oxygens (including phenoxy) is 2. The minimum absolute atomic E-state index is 0.0933. The maximum atomic E-state index is 12.2. The SMILES string of the molecule is COC(=O)c1ccc(NCC(=O)Nc2ccccc2OCC(C)C)cc1. The summed E-state index contributed by atoms with van der Waals surface area (Å²) in [6, 6.07) is 14.1. The predicted molar refractivity (Wildman–Crippen MR) is 102 cm³/mol.